The van der Waals surface area contributed by atoms with E-state index < -0.39 is 0 Å². The second kappa shape index (κ2) is 10.6. The largest absolute Gasteiger partial charge is 0.469 e. The Labute approximate surface area is 138 Å². The molecular formula is C17H29N3OS. The Balaban J connectivity index is 1.73. The van der Waals surface area contributed by atoms with Gasteiger partial charge in [-0.15, -0.1) is 0 Å². The minimum atomic E-state index is 0.598. The van der Waals surface area contributed by atoms with Gasteiger partial charge in [-0.05, 0) is 49.8 Å². The minimum absolute atomic E-state index is 0.598. The van der Waals surface area contributed by atoms with Gasteiger partial charge in [0.2, 0.25) is 0 Å². The molecule has 4 nitrogen and oxygen atoms in total. The maximum Gasteiger partial charge on any atom is 0.191 e. The number of furan rings is 1. The van der Waals surface area contributed by atoms with Crippen LogP contribution in [0.3, 0.4) is 0 Å². The van der Waals surface area contributed by atoms with E-state index in [1.165, 1.54) is 37.9 Å². The van der Waals surface area contributed by atoms with Crippen LogP contribution in [0.25, 0.3) is 0 Å². The molecule has 124 valence electrons. The molecule has 0 unspecified atom stereocenters. The first-order valence-electron chi connectivity index (χ1n) is 8.44. The summed E-state index contributed by atoms with van der Waals surface area (Å²) in [6.07, 6.45) is 12.4. The number of hydrogen-bond donors (Lipinski definition) is 2. The summed E-state index contributed by atoms with van der Waals surface area (Å²) in [6, 6.07) is 4.55. The van der Waals surface area contributed by atoms with Crippen LogP contribution in [0.5, 0.6) is 0 Å². The number of guanidine groups is 1. The number of hydrogen-bond acceptors (Lipinski definition) is 3. The Morgan fingerprint density at radius 2 is 2.23 bits per heavy atom. The summed E-state index contributed by atoms with van der Waals surface area (Å²) >= 11 is 1.91. The summed E-state index contributed by atoms with van der Waals surface area (Å²) < 4.78 is 5.37. The van der Waals surface area contributed by atoms with E-state index in [0.29, 0.717) is 6.04 Å². The third kappa shape index (κ3) is 6.77. The Morgan fingerprint density at radius 1 is 1.36 bits per heavy atom. The molecule has 2 rings (SSSR count). The lowest BCUT2D eigenvalue weighted by Crippen LogP contribution is -2.43. The van der Waals surface area contributed by atoms with Crippen molar-refractivity contribution < 1.29 is 4.42 Å². The highest BCUT2D eigenvalue weighted by molar-refractivity contribution is 7.98. The van der Waals surface area contributed by atoms with Crippen molar-refractivity contribution in [3.8, 4) is 0 Å². The number of nitrogens with one attached hydrogen (secondary N) is 2. The molecule has 0 aromatic carbocycles. The molecule has 1 aliphatic rings. The smallest absolute Gasteiger partial charge is 0.191 e. The highest BCUT2D eigenvalue weighted by Crippen LogP contribution is 2.17. The maximum atomic E-state index is 5.37. The third-order valence-corrected chi connectivity index (χ3v) is 4.66. The molecule has 0 amide bonds. The predicted molar refractivity (Wildman–Crippen MR) is 95.7 cm³/mol. The highest BCUT2D eigenvalue weighted by Gasteiger charge is 2.15. The lowest BCUT2D eigenvalue weighted by atomic mass is 10.2. The van der Waals surface area contributed by atoms with E-state index in [2.05, 4.69) is 16.9 Å². The molecule has 1 heterocycles. The summed E-state index contributed by atoms with van der Waals surface area (Å²) in [4.78, 5) is 4.73. The number of rotatable bonds is 9. The van der Waals surface area contributed by atoms with Gasteiger partial charge < -0.3 is 15.1 Å². The van der Waals surface area contributed by atoms with Crippen molar-refractivity contribution in [3.63, 3.8) is 0 Å². The van der Waals surface area contributed by atoms with Gasteiger partial charge in [-0.2, -0.15) is 11.8 Å². The van der Waals surface area contributed by atoms with Crippen molar-refractivity contribution in [2.24, 2.45) is 4.99 Å². The molecule has 0 saturated heterocycles. The Morgan fingerprint density at radius 3 is 2.95 bits per heavy atom. The summed E-state index contributed by atoms with van der Waals surface area (Å²) in [6.45, 7) is 1.76. The van der Waals surface area contributed by atoms with Crippen LogP contribution in [-0.4, -0.2) is 37.1 Å². The van der Waals surface area contributed by atoms with Crippen molar-refractivity contribution in [1.29, 1.82) is 0 Å². The van der Waals surface area contributed by atoms with Crippen molar-refractivity contribution in [2.75, 3.05) is 25.1 Å². The van der Waals surface area contributed by atoms with Gasteiger partial charge in [0.05, 0.1) is 6.26 Å². The zero-order chi connectivity index (χ0) is 15.5. The van der Waals surface area contributed by atoms with Crippen molar-refractivity contribution in [2.45, 2.75) is 51.0 Å². The number of unbranched alkanes of at least 4 members (excludes halogenated alkanes) is 1. The van der Waals surface area contributed by atoms with Crippen molar-refractivity contribution >= 4 is 17.7 Å². The average Bonchev–Trinajstić information content (AvgIpc) is 3.20. The normalized spacial score (nSPS) is 16.1. The standard InChI is InChI=1S/C17H29N3OS/c1-22-14-5-4-11-18-17(20-15-7-2-3-8-15)19-12-10-16-9-6-13-21-16/h6,9,13,15H,2-5,7-8,10-12,14H2,1H3,(H2,18,19,20). The zero-order valence-corrected chi connectivity index (χ0v) is 14.5. The van der Waals surface area contributed by atoms with Gasteiger partial charge in [0.1, 0.15) is 5.76 Å². The molecule has 1 saturated carbocycles. The molecule has 0 spiro atoms. The number of aliphatic imine (C=N–C) groups is 1. The van der Waals surface area contributed by atoms with Crippen molar-refractivity contribution in [1.82, 2.24) is 10.6 Å². The molecule has 0 atom stereocenters. The van der Waals surface area contributed by atoms with Crippen LogP contribution in [0.15, 0.2) is 27.8 Å². The van der Waals surface area contributed by atoms with Gasteiger partial charge in [-0.25, -0.2) is 0 Å². The SMILES string of the molecule is CSCCCCN=C(NCCc1ccco1)NC1CCCC1. The predicted octanol–water partition coefficient (Wildman–Crippen LogP) is 3.44. The van der Waals surface area contributed by atoms with E-state index >= 15 is 0 Å². The molecule has 5 heteroatoms. The van der Waals surface area contributed by atoms with E-state index in [-0.39, 0.29) is 0 Å². The second-order valence-electron chi connectivity index (χ2n) is 5.81. The lowest BCUT2D eigenvalue weighted by molar-refractivity contribution is 0.506. The van der Waals surface area contributed by atoms with E-state index in [9.17, 15) is 0 Å². The molecule has 1 aromatic heterocycles. The average molecular weight is 324 g/mol. The molecular weight excluding hydrogens is 294 g/mol. The van der Waals surface area contributed by atoms with Crippen LogP contribution >= 0.6 is 11.8 Å². The minimum Gasteiger partial charge on any atom is -0.469 e. The van der Waals surface area contributed by atoms with Gasteiger partial charge in [-0.3, -0.25) is 4.99 Å². The monoisotopic (exact) mass is 323 g/mol. The summed E-state index contributed by atoms with van der Waals surface area (Å²) in [5.74, 6) is 3.22. The Kier molecular flexibility index (Phi) is 8.31. The topological polar surface area (TPSA) is 49.6 Å². The van der Waals surface area contributed by atoms with Gasteiger partial charge >= 0.3 is 0 Å². The fourth-order valence-corrected chi connectivity index (χ4v) is 3.22. The summed E-state index contributed by atoms with van der Waals surface area (Å²) in [5, 5.41) is 7.04. The van der Waals surface area contributed by atoms with Crippen LogP contribution in [0.2, 0.25) is 0 Å². The van der Waals surface area contributed by atoms with Crippen LogP contribution in [0.1, 0.15) is 44.3 Å². The van der Waals surface area contributed by atoms with Crippen LogP contribution in [0, 0.1) is 0 Å². The Hall–Kier alpha value is -1.10. The molecule has 1 aromatic rings. The number of thioether (sulfide) groups is 1. The fraction of sp³-hybridized carbons (Fsp3) is 0.706. The quantitative estimate of drug-likeness (QED) is 0.415. The molecule has 0 bridgehead atoms. The molecule has 0 aliphatic heterocycles. The Bertz CT molecular complexity index is 414. The third-order valence-electron chi connectivity index (χ3n) is 3.97. The van der Waals surface area contributed by atoms with E-state index in [4.69, 9.17) is 9.41 Å². The molecule has 22 heavy (non-hydrogen) atoms. The molecule has 1 fully saturated rings. The lowest BCUT2D eigenvalue weighted by Gasteiger charge is -2.17. The van der Waals surface area contributed by atoms with E-state index in [1.54, 1.807) is 6.26 Å². The molecule has 0 radical (unpaired) electrons. The van der Waals surface area contributed by atoms with Crippen molar-refractivity contribution in [3.05, 3.63) is 24.2 Å². The van der Waals surface area contributed by atoms with Crippen LogP contribution < -0.4 is 10.6 Å². The van der Waals surface area contributed by atoms with Gasteiger partial charge in [-0.1, -0.05) is 12.8 Å². The molecule has 1 aliphatic carbocycles. The first kappa shape index (κ1) is 17.3. The van der Waals surface area contributed by atoms with E-state index in [1.807, 2.05) is 23.9 Å². The van der Waals surface area contributed by atoms with Crippen LogP contribution in [-0.2, 0) is 6.42 Å². The summed E-state index contributed by atoms with van der Waals surface area (Å²) in [7, 11) is 0. The summed E-state index contributed by atoms with van der Waals surface area (Å²) in [5.41, 5.74) is 0. The first-order valence-corrected chi connectivity index (χ1v) is 9.84. The van der Waals surface area contributed by atoms with Gasteiger partial charge in [0, 0.05) is 25.6 Å². The zero-order valence-electron chi connectivity index (χ0n) is 13.6. The highest BCUT2D eigenvalue weighted by atomic mass is 32.2. The molecule has 2 N–H and O–H groups in total. The second-order valence-corrected chi connectivity index (χ2v) is 6.80. The number of nitrogens with zero attached hydrogens (tertiary/aromatic N) is 1. The fourth-order valence-electron chi connectivity index (χ4n) is 2.72. The van der Waals surface area contributed by atoms with E-state index in [0.717, 1.165) is 37.7 Å². The van der Waals surface area contributed by atoms with Crippen LogP contribution in [0.4, 0.5) is 0 Å². The maximum absolute atomic E-state index is 5.37. The van der Waals surface area contributed by atoms with Gasteiger partial charge in [0.25, 0.3) is 0 Å². The first-order chi connectivity index (χ1) is 10.9. The van der Waals surface area contributed by atoms with Gasteiger partial charge in [0.15, 0.2) is 5.96 Å².